The molecule has 0 heterocycles. The van der Waals surface area contributed by atoms with Crippen molar-refractivity contribution < 1.29 is 19.0 Å². The van der Waals surface area contributed by atoms with Crippen LogP contribution < -0.4 is 11.1 Å². The Bertz CT molecular complexity index is 197. The molecule has 0 aromatic carbocycles. The maximum Gasteiger partial charge on any atom is 0.412 e. The Morgan fingerprint density at radius 3 is 2.56 bits per heavy atom. The molecule has 0 saturated carbocycles. The van der Waals surface area contributed by atoms with Crippen LogP contribution in [0.1, 0.15) is 6.92 Å². The average molecular weight is 232 g/mol. The summed E-state index contributed by atoms with van der Waals surface area (Å²) in [5.74, 6) is 0. The van der Waals surface area contributed by atoms with E-state index in [1.54, 1.807) is 13.0 Å². The summed E-state index contributed by atoms with van der Waals surface area (Å²) in [7, 11) is 0. The van der Waals surface area contributed by atoms with E-state index >= 15 is 0 Å². The maximum absolute atomic E-state index is 10.9. The molecule has 6 heteroatoms. The number of carbonyl (C=O) groups excluding carboxylic acids is 1. The van der Waals surface area contributed by atoms with Gasteiger partial charge in [0.2, 0.25) is 0 Å². The van der Waals surface area contributed by atoms with Crippen LogP contribution in [0.15, 0.2) is 12.3 Å². The van der Waals surface area contributed by atoms with Gasteiger partial charge < -0.3 is 25.3 Å². The third-order valence-electron chi connectivity index (χ3n) is 1.46. The number of hydrogen-bond acceptors (Lipinski definition) is 5. The third kappa shape index (κ3) is 11.0. The van der Waals surface area contributed by atoms with Gasteiger partial charge in [-0.1, -0.05) is 6.08 Å². The molecule has 6 nitrogen and oxygen atoms in total. The highest BCUT2D eigenvalue weighted by atomic mass is 16.5. The van der Waals surface area contributed by atoms with Crippen LogP contribution in [0, 0.1) is 0 Å². The fraction of sp³-hybridized carbons (Fsp3) is 0.700. The Labute approximate surface area is 95.7 Å². The van der Waals surface area contributed by atoms with Crippen LogP contribution in [-0.4, -0.2) is 45.6 Å². The number of alkyl carbamates (subject to hydrolysis) is 1. The lowest BCUT2D eigenvalue weighted by atomic mass is 10.6. The van der Waals surface area contributed by atoms with Crippen LogP contribution in [0.5, 0.6) is 0 Å². The number of carbonyl (C=O) groups is 1. The number of amides is 1. The molecule has 0 rings (SSSR count). The molecule has 0 atom stereocenters. The largest absolute Gasteiger partial charge is 0.419 e. The molecule has 0 aliphatic carbocycles. The highest BCUT2D eigenvalue weighted by Crippen LogP contribution is 1.81. The summed E-state index contributed by atoms with van der Waals surface area (Å²) >= 11 is 0. The summed E-state index contributed by atoms with van der Waals surface area (Å²) in [4.78, 5) is 10.9. The fourth-order valence-corrected chi connectivity index (χ4v) is 0.802. The number of hydrogen-bond donors (Lipinski definition) is 2. The van der Waals surface area contributed by atoms with E-state index in [1.807, 2.05) is 0 Å². The van der Waals surface area contributed by atoms with Crippen molar-refractivity contribution >= 4 is 6.09 Å². The Morgan fingerprint density at radius 2 is 1.94 bits per heavy atom. The molecular formula is C10H20N2O4. The Hall–Kier alpha value is -1.11. The van der Waals surface area contributed by atoms with Gasteiger partial charge in [0.15, 0.2) is 0 Å². The molecule has 0 fully saturated rings. The fourth-order valence-electron chi connectivity index (χ4n) is 0.802. The van der Waals surface area contributed by atoms with Crippen molar-refractivity contribution in [3.63, 3.8) is 0 Å². The van der Waals surface area contributed by atoms with E-state index in [0.29, 0.717) is 39.5 Å². The first kappa shape index (κ1) is 14.9. The number of rotatable bonds is 9. The lowest BCUT2D eigenvalue weighted by Gasteiger charge is -2.05. The predicted molar refractivity (Wildman–Crippen MR) is 60.0 cm³/mol. The molecule has 16 heavy (non-hydrogen) atoms. The summed E-state index contributed by atoms with van der Waals surface area (Å²) in [6, 6.07) is 0. The van der Waals surface area contributed by atoms with Crippen molar-refractivity contribution in [2.75, 3.05) is 39.5 Å². The molecule has 0 aliphatic rings. The van der Waals surface area contributed by atoms with Crippen LogP contribution in [-0.2, 0) is 14.2 Å². The average Bonchev–Trinajstić information content (AvgIpc) is 2.30. The number of nitrogens with two attached hydrogens (primary N) is 1. The predicted octanol–water partition coefficient (Wildman–Crippen LogP) is 0.238. The van der Waals surface area contributed by atoms with Crippen LogP contribution in [0.25, 0.3) is 0 Å². The third-order valence-corrected chi connectivity index (χ3v) is 1.46. The first-order chi connectivity index (χ1) is 7.81. The van der Waals surface area contributed by atoms with Crippen LogP contribution in [0.2, 0.25) is 0 Å². The molecular weight excluding hydrogens is 212 g/mol. The smallest absolute Gasteiger partial charge is 0.412 e. The van der Waals surface area contributed by atoms with Gasteiger partial charge in [-0.05, 0) is 6.92 Å². The van der Waals surface area contributed by atoms with E-state index in [1.165, 1.54) is 6.26 Å². The second kappa shape index (κ2) is 12.0. The highest BCUT2D eigenvalue weighted by molar-refractivity contribution is 5.67. The van der Waals surface area contributed by atoms with Gasteiger partial charge in [-0.2, -0.15) is 0 Å². The Kier molecular flexibility index (Phi) is 11.1. The van der Waals surface area contributed by atoms with E-state index in [9.17, 15) is 4.79 Å². The molecule has 0 aromatic rings. The summed E-state index contributed by atoms with van der Waals surface area (Å²) in [6.45, 7) is 4.66. The standard InChI is InChI=1S/C10H20N2O4/c1-2-5-16-10(13)12-4-7-15-9-8-14-6-3-11/h2,5H,3-4,6-9,11H2,1H3,(H,12,13). The molecule has 0 unspecified atom stereocenters. The molecule has 0 bridgehead atoms. The van der Waals surface area contributed by atoms with E-state index in [2.05, 4.69) is 10.1 Å². The van der Waals surface area contributed by atoms with Gasteiger partial charge in [0, 0.05) is 13.1 Å². The van der Waals surface area contributed by atoms with Crippen molar-refractivity contribution in [2.45, 2.75) is 6.92 Å². The zero-order valence-electron chi connectivity index (χ0n) is 9.61. The highest BCUT2D eigenvalue weighted by Gasteiger charge is 1.97. The second-order valence-corrected chi connectivity index (χ2v) is 2.81. The number of ether oxygens (including phenoxy) is 3. The lowest BCUT2D eigenvalue weighted by molar-refractivity contribution is 0.0518. The number of allylic oxidation sites excluding steroid dienone is 1. The zero-order valence-corrected chi connectivity index (χ0v) is 9.61. The van der Waals surface area contributed by atoms with Crippen LogP contribution in [0.3, 0.4) is 0 Å². The monoisotopic (exact) mass is 232 g/mol. The van der Waals surface area contributed by atoms with Gasteiger partial charge in [0.05, 0.1) is 32.7 Å². The normalized spacial score (nSPS) is 10.6. The first-order valence-electron chi connectivity index (χ1n) is 5.22. The van der Waals surface area contributed by atoms with Gasteiger partial charge in [0.1, 0.15) is 0 Å². The topological polar surface area (TPSA) is 82.8 Å². The molecule has 1 amide bonds. The molecule has 0 aromatic heterocycles. The van der Waals surface area contributed by atoms with Crippen molar-refractivity contribution in [3.05, 3.63) is 12.3 Å². The SMILES string of the molecule is CC=COC(=O)NCCOCCOCCN. The Morgan fingerprint density at radius 1 is 1.25 bits per heavy atom. The lowest BCUT2D eigenvalue weighted by Crippen LogP contribution is -2.27. The van der Waals surface area contributed by atoms with Gasteiger partial charge in [-0.15, -0.1) is 0 Å². The molecule has 0 radical (unpaired) electrons. The van der Waals surface area contributed by atoms with Gasteiger partial charge >= 0.3 is 6.09 Å². The molecule has 0 saturated heterocycles. The molecule has 0 spiro atoms. The minimum Gasteiger partial charge on any atom is -0.419 e. The van der Waals surface area contributed by atoms with E-state index in [-0.39, 0.29) is 0 Å². The van der Waals surface area contributed by atoms with Gasteiger partial charge in [-0.25, -0.2) is 4.79 Å². The zero-order chi connectivity index (χ0) is 12.1. The van der Waals surface area contributed by atoms with Gasteiger partial charge in [0.25, 0.3) is 0 Å². The summed E-state index contributed by atoms with van der Waals surface area (Å²) in [5.41, 5.74) is 5.23. The van der Waals surface area contributed by atoms with Crippen molar-refractivity contribution in [3.8, 4) is 0 Å². The maximum atomic E-state index is 10.9. The van der Waals surface area contributed by atoms with Crippen molar-refractivity contribution in [1.82, 2.24) is 5.32 Å². The minimum atomic E-state index is -0.485. The van der Waals surface area contributed by atoms with Crippen LogP contribution in [0.4, 0.5) is 4.79 Å². The van der Waals surface area contributed by atoms with Gasteiger partial charge in [-0.3, -0.25) is 0 Å². The van der Waals surface area contributed by atoms with Crippen molar-refractivity contribution in [2.24, 2.45) is 5.73 Å². The van der Waals surface area contributed by atoms with Crippen LogP contribution >= 0.6 is 0 Å². The summed E-state index contributed by atoms with van der Waals surface area (Å²) in [5, 5.41) is 2.52. The molecule has 0 aliphatic heterocycles. The quantitative estimate of drug-likeness (QED) is 0.439. The molecule has 94 valence electrons. The Balaban J connectivity index is 3.11. The summed E-state index contributed by atoms with van der Waals surface area (Å²) in [6.07, 6.45) is 2.46. The number of nitrogens with one attached hydrogen (secondary N) is 1. The molecule has 3 N–H and O–H groups in total. The van der Waals surface area contributed by atoms with E-state index < -0.39 is 6.09 Å². The van der Waals surface area contributed by atoms with E-state index in [0.717, 1.165) is 0 Å². The summed E-state index contributed by atoms with van der Waals surface area (Å²) < 4.78 is 14.9. The van der Waals surface area contributed by atoms with E-state index in [4.69, 9.17) is 15.2 Å². The first-order valence-corrected chi connectivity index (χ1v) is 5.22. The van der Waals surface area contributed by atoms with Crippen molar-refractivity contribution in [1.29, 1.82) is 0 Å². The second-order valence-electron chi connectivity index (χ2n) is 2.81. The minimum absolute atomic E-state index is 0.410.